The Morgan fingerprint density at radius 1 is 1.53 bits per heavy atom. The summed E-state index contributed by atoms with van der Waals surface area (Å²) in [5.74, 6) is -3.36. The summed E-state index contributed by atoms with van der Waals surface area (Å²) in [5, 5.41) is -1.53. The molecule has 2 amide bonds. The average molecular weight is 293 g/mol. The first-order chi connectivity index (χ1) is 8.68. The summed E-state index contributed by atoms with van der Waals surface area (Å²) >= 11 is 0. The summed E-state index contributed by atoms with van der Waals surface area (Å²) in [6.45, 7) is 3.10. The van der Waals surface area contributed by atoms with Gasteiger partial charge < -0.3 is 4.84 Å². The molecule has 0 aromatic heterocycles. The van der Waals surface area contributed by atoms with Gasteiger partial charge in [-0.15, -0.1) is 5.06 Å². The molecular weight excluding hydrogens is 278 g/mol. The fourth-order valence-electron chi connectivity index (χ4n) is 1.65. The van der Waals surface area contributed by atoms with Gasteiger partial charge in [0.25, 0.3) is 21.9 Å². The van der Waals surface area contributed by atoms with E-state index < -0.39 is 39.1 Å². The topological polar surface area (TPSA) is 118 Å². The van der Waals surface area contributed by atoms with Gasteiger partial charge in [0.05, 0.1) is 0 Å². The molecule has 1 N–H and O–H groups in total. The highest BCUT2D eigenvalue weighted by atomic mass is 32.2. The molecule has 0 saturated carbocycles. The van der Waals surface area contributed by atoms with Crippen LogP contribution < -0.4 is 0 Å². The largest absolute Gasteiger partial charge is 0.353 e. The molecule has 2 unspecified atom stereocenters. The summed E-state index contributed by atoms with van der Waals surface area (Å²) in [6, 6.07) is 0. The van der Waals surface area contributed by atoms with Crippen LogP contribution in [0.2, 0.25) is 0 Å². The average Bonchev–Trinajstić information content (AvgIpc) is 2.51. The van der Waals surface area contributed by atoms with Crippen LogP contribution in [0.5, 0.6) is 0 Å². The Morgan fingerprint density at radius 3 is 2.47 bits per heavy atom. The Labute approximate surface area is 110 Å². The van der Waals surface area contributed by atoms with Crippen LogP contribution in [0.15, 0.2) is 0 Å². The molecular formula is C10H15NO7S. The number of hydroxylamine groups is 2. The van der Waals surface area contributed by atoms with Gasteiger partial charge in [0.2, 0.25) is 0 Å². The van der Waals surface area contributed by atoms with Gasteiger partial charge in [0, 0.05) is 12.3 Å². The molecule has 0 bridgehead atoms. The molecule has 1 aliphatic heterocycles. The second kappa shape index (κ2) is 5.66. The SMILES string of the molecule is CCCC(C(=O)ON1C(=O)CC(C)C1=O)S(=O)(=O)O. The summed E-state index contributed by atoms with van der Waals surface area (Å²) in [6.07, 6.45) is 0.0394. The predicted octanol–water partition coefficient (Wildman–Crippen LogP) is -0.104. The quantitative estimate of drug-likeness (QED) is 0.555. The minimum atomic E-state index is -4.64. The van der Waals surface area contributed by atoms with Gasteiger partial charge in [-0.25, -0.2) is 4.79 Å². The molecule has 0 aromatic carbocycles. The maximum absolute atomic E-state index is 11.6. The van der Waals surface area contributed by atoms with Gasteiger partial charge in [0.1, 0.15) is 0 Å². The van der Waals surface area contributed by atoms with Crippen molar-refractivity contribution in [3.05, 3.63) is 0 Å². The van der Waals surface area contributed by atoms with Gasteiger partial charge in [-0.3, -0.25) is 14.1 Å². The van der Waals surface area contributed by atoms with E-state index in [2.05, 4.69) is 4.84 Å². The standard InChI is InChI=1S/C10H15NO7S/c1-3-4-7(19(15,16)17)10(14)18-11-8(12)5-6(2)9(11)13/h6-7H,3-5H2,1-2H3,(H,15,16,17). The maximum atomic E-state index is 11.6. The Kier molecular flexibility index (Phi) is 4.64. The van der Waals surface area contributed by atoms with E-state index in [-0.39, 0.29) is 17.9 Å². The highest BCUT2D eigenvalue weighted by molar-refractivity contribution is 7.87. The van der Waals surface area contributed by atoms with Crippen LogP contribution in [0.3, 0.4) is 0 Å². The smallest absolute Gasteiger partial charge is 0.329 e. The number of hydrogen-bond donors (Lipinski definition) is 1. The van der Waals surface area contributed by atoms with Gasteiger partial charge in [0.15, 0.2) is 5.25 Å². The van der Waals surface area contributed by atoms with E-state index in [1.54, 1.807) is 6.92 Å². The zero-order chi connectivity index (χ0) is 14.8. The Hall–Kier alpha value is -1.48. The summed E-state index contributed by atoms with van der Waals surface area (Å²) in [7, 11) is -4.64. The normalized spacial score (nSPS) is 21.6. The number of imide groups is 1. The lowest BCUT2D eigenvalue weighted by atomic mass is 10.1. The molecule has 0 radical (unpaired) electrons. The summed E-state index contributed by atoms with van der Waals surface area (Å²) in [4.78, 5) is 39.0. The molecule has 8 nitrogen and oxygen atoms in total. The van der Waals surface area contributed by atoms with Crippen molar-refractivity contribution in [2.45, 2.75) is 38.4 Å². The molecule has 2 atom stereocenters. The third-order valence-corrected chi connectivity index (χ3v) is 3.83. The number of carbonyl (C=O) groups excluding carboxylic acids is 3. The molecule has 1 fully saturated rings. The monoisotopic (exact) mass is 293 g/mol. The fourth-order valence-corrected chi connectivity index (χ4v) is 2.47. The molecule has 0 spiro atoms. The first kappa shape index (κ1) is 15.6. The van der Waals surface area contributed by atoms with Crippen LogP contribution in [0.4, 0.5) is 0 Å². The maximum Gasteiger partial charge on any atom is 0.353 e. The number of carbonyl (C=O) groups is 3. The lowest BCUT2D eigenvalue weighted by Crippen LogP contribution is -2.40. The van der Waals surface area contributed by atoms with Gasteiger partial charge >= 0.3 is 5.97 Å². The van der Waals surface area contributed by atoms with Crippen molar-refractivity contribution in [3.8, 4) is 0 Å². The lowest BCUT2D eigenvalue weighted by molar-refractivity contribution is -0.197. The number of rotatable bonds is 5. The van der Waals surface area contributed by atoms with E-state index in [0.717, 1.165) is 0 Å². The number of amides is 2. The second-order valence-corrected chi connectivity index (χ2v) is 5.93. The van der Waals surface area contributed by atoms with Crippen molar-refractivity contribution in [2.75, 3.05) is 0 Å². The predicted molar refractivity (Wildman–Crippen MR) is 62.0 cm³/mol. The highest BCUT2D eigenvalue weighted by Crippen LogP contribution is 2.20. The van der Waals surface area contributed by atoms with Crippen molar-refractivity contribution in [1.82, 2.24) is 5.06 Å². The van der Waals surface area contributed by atoms with Crippen LogP contribution in [0.25, 0.3) is 0 Å². The van der Waals surface area contributed by atoms with Crippen molar-refractivity contribution in [1.29, 1.82) is 0 Å². The van der Waals surface area contributed by atoms with Crippen LogP contribution in [-0.4, -0.2) is 41.1 Å². The molecule has 108 valence electrons. The third-order valence-electron chi connectivity index (χ3n) is 2.68. The van der Waals surface area contributed by atoms with Gasteiger partial charge in [-0.2, -0.15) is 8.42 Å². The lowest BCUT2D eigenvalue weighted by Gasteiger charge is -2.17. The second-order valence-electron chi connectivity index (χ2n) is 4.33. The minimum absolute atomic E-state index is 0.101. The Bertz CT molecular complexity index is 498. The number of hydrogen-bond acceptors (Lipinski definition) is 6. The van der Waals surface area contributed by atoms with Gasteiger partial charge in [-0.05, 0) is 6.42 Å². The van der Waals surface area contributed by atoms with Crippen LogP contribution in [0.1, 0.15) is 33.1 Å². The van der Waals surface area contributed by atoms with Crippen LogP contribution in [0, 0.1) is 5.92 Å². The fraction of sp³-hybridized carbons (Fsp3) is 0.700. The molecule has 1 heterocycles. The first-order valence-corrected chi connectivity index (χ1v) is 7.23. The first-order valence-electron chi connectivity index (χ1n) is 5.73. The van der Waals surface area contributed by atoms with E-state index in [9.17, 15) is 22.8 Å². The molecule has 1 aliphatic rings. The van der Waals surface area contributed by atoms with Gasteiger partial charge in [-0.1, -0.05) is 20.3 Å². The third kappa shape index (κ3) is 3.51. The summed E-state index contributed by atoms with van der Waals surface area (Å²) < 4.78 is 31.0. The zero-order valence-electron chi connectivity index (χ0n) is 10.5. The van der Waals surface area contributed by atoms with Crippen molar-refractivity contribution in [2.24, 2.45) is 5.92 Å². The van der Waals surface area contributed by atoms with Crippen molar-refractivity contribution in [3.63, 3.8) is 0 Å². The molecule has 0 aliphatic carbocycles. The zero-order valence-corrected chi connectivity index (χ0v) is 11.3. The molecule has 19 heavy (non-hydrogen) atoms. The van der Waals surface area contributed by atoms with Crippen LogP contribution >= 0.6 is 0 Å². The molecule has 1 saturated heterocycles. The van der Waals surface area contributed by atoms with E-state index in [1.165, 1.54) is 6.92 Å². The van der Waals surface area contributed by atoms with Crippen LogP contribution in [-0.2, 0) is 29.3 Å². The minimum Gasteiger partial charge on any atom is -0.329 e. The summed E-state index contributed by atoms with van der Waals surface area (Å²) in [5.41, 5.74) is 0. The Morgan fingerprint density at radius 2 is 2.11 bits per heavy atom. The van der Waals surface area contributed by atoms with Crippen molar-refractivity contribution >= 4 is 27.9 Å². The van der Waals surface area contributed by atoms with E-state index in [4.69, 9.17) is 4.55 Å². The molecule has 0 aromatic rings. The molecule has 1 rings (SSSR count). The van der Waals surface area contributed by atoms with E-state index in [0.29, 0.717) is 6.42 Å². The van der Waals surface area contributed by atoms with Crippen molar-refractivity contribution < 1.29 is 32.2 Å². The molecule has 9 heteroatoms. The van der Waals surface area contributed by atoms with E-state index in [1.807, 2.05) is 0 Å². The Balaban J connectivity index is 2.83. The number of nitrogens with zero attached hydrogens (tertiary/aromatic N) is 1. The van der Waals surface area contributed by atoms with E-state index >= 15 is 0 Å². The highest BCUT2D eigenvalue weighted by Gasteiger charge is 2.42.